The first-order chi connectivity index (χ1) is 11.5. The van der Waals surface area contributed by atoms with Gasteiger partial charge in [-0.2, -0.15) is 0 Å². The number of allylic oxidation sites excluding steroid dienone is 1. The van der Waals surface area contributed by atoms with Gasteiger partial charge >= 0.3 is 5.97 Å². The Bertz CT molecular complexity index is 654. The minimum Gasteiger partial charge on any atom is -0.480 e. The molecular weight excluding hydrogens is 308 g/mol. The van der Waals surface area contributed by atoms with E-state index < -0.39 is 12.0 Å². The number of hydrogen-bond acceptors (Lipinski definition) is 3. The van der Waals surface area contributed by atoms with Crippen molar-refractivity contribution in [3.63, 3.8) is 0 Å². The van der Waals surface area contributed by atoms with Crippen LogP contribution in [-0.4, -0.2) is 28.9 Å². The number of amides is 2. The smallest absolute Gasteiger partial charge is 0.326 e. The van der Waals surface area contributed by atoms with Gasteiger partial charge in [0.2, 0.25) is 11.8 Å². The average molecular weight is 330 g/mol. The van der Waals surface area contributed by atoms with E-state index in [9.17, 15) is 14.4 Å². The van der Waals surface area contributed by atoms with Gasteiger partial charge in [-0.15, -0.1) is 0 Å². The third kappa shape index (κ3) is 4.68. The van der Waals surface area contributed by atoms with Gasteiger partial charge in [-0.05, 0) is 37.8 Å². The van der Waals surface area contributed by atoms with Gasteiger partial charge in [-0.25, -0.2) is 4.79 Å². The summed E-state index contributed by atoms with van der Waals surface area (Å²) in [6, 6.07) is 6.66. The summed E-state index contributed by atoms with van der Waals surface area (Å²) in [5.74, 6) is -1.78. The Morgan fingerprint density at radius 1 is 1.42 bits per heavy atom. The molecule has 1 aliphatic rings. The van der Waals surface area contributed by atoms with Crippen molar-refractivity contribution in [1.82, 2.24) is 5.32 Å². The maximum atomic E-state index is 12.1. The number of rotatable bonds is 7. The van der Waals surface area contributed by atoms with Crippen molar-refractivity contribution in [3.8, 4) is 0 Å². The molecule has 128 valence electrons. The van der Waals surface area contributed by atoms with Crippen molar-refractivity contribution in [2.45, 2.75) is 38.6 Å². The molecule has 2 rings (SSSR count). The molecule has 0 fully saturated rings. The number of aliphatic carboxylic acids is 1. The van der Waals surface area contributed by atoms with Crippen LogP contribution in [0.3, 0.4) is 0 Å². The van der Waals surface area contributed by atoms with Crippen LogP contribution in [-0.2, 0) is 20.8 Å². The summed E-state index contributed by atoms with van der Waals surface area (Å²) in [7, 11) is 0. The zero-order chi connectivity index (χ0) is 17.5. The van der Waals surface area contributed by atoms with Crippen molar-refractivity contribution in [1.29, 1.82) is 0 Å². The van der Waals surface area contributed by atoms with Gasteiger partial charge in [-0.3, -0.25) is 9.59 Å². The first kappa shape index (κ1) is 17.7. The predicted octanol–water partition coefficient (Wildman–Crippen LogP) is 2.11. The van der Waals surface area contributed by atoms with Crippen LogP contribution in [0.4, 0.5) is 5.69 Å². The van der Waals surface area contributed by atoms with E-state index >= 15 is 0 Å². The number of carboxylic acid groups (broad SMARTS) is 1. The Kier molecular flexibility index (Phi) is 6.12. The SMILES string of the molecule is C/C=C/CC(NC(=O)CCC1Cc2ccccc2NC1=O)C(=O)O. The maximum absolute atomic E-state index is 12.1. The summed E-state index contributed by atoms with van der Waals surface area (Å²) in [6.07, 6.45) is 4.80. The molecule has 2 amide bonds. The monoisotopic (exact) mass is 330 g/mol. The van der Waals surface area contributed by atoms with Crippen LogP contribution in [0.15, 0.2) is 36.4 Å². The first-order valence-corrected chi connectivity index (χ1v) is 8.03. The molecule has 0 aromatic heterocycles. The standard InChI is InChI=1S/C18H22N2O4/c1-2-3-7-15(18(23)24)19-16(21)10-9-13-11-12-6-4-5-8-14(12)20-17(13)22/h2-6,8,13,15H,7,9-11H2,1H3,(H,19,21)(H,20,22)(H,23,24)/b3-2+. The lowest BCUT2D eigenvalue weighted by Crippen LogP contribution is -2.41. The fourth-order valence-electron chi connectivity index (χ4n) is 2.71. The minimum absolute atomic E-state index is 0.0924. The molecule has 0 aliphatic carbocycles. The Hall–Kier alpha value is -2.63. The molecule has 6 heteroatoms. The molecule has 0 saturated heterocycles. The molecule has 0 radical (unpaired) electrons. The Morgan fingerprint density at radius 2 is 2.17 bits per heavy atom. The molecule has 2 atom stereocenters. The molecule has 3 N–H and O–H groups in total. The fourth-order valence-corrected chi connectivity index (χ4v) is 2.71. The summed E-state index contributed by atoms with van der Waals surface area (Å²) in [6.45, 7) is 1.79. The van der Waals surface area contributed by atoms with Crippen molar-refractivity contribution >= 4 is 23.5 Å². The summed E-state index contributed by atoms with van der Waals surface area (Å²) in [5.41, 5.74) is 1.87. The lowest BCUT2D eigenvalue weighted by Gasteiger charge is -2.24. The number of carboxylic acids is 1. The van der Waals surface area contributed by atoms with Gasteiger partial charge in [0.15, 0.2) is 0 Å². The van der Waals surface area contributed by atoms with E-state index in [0.29, 0.717) is 12.8 Å². The highest BCUT2D eigenvalue weighted by molar-refractivity contribution is 5.96. The van der Waals surface area contributed by atoms with E-state index in [-0.39, 0.29) is 30.6 Å². The highest BCUT2D eigenvalue weighted by atomic mass is 16.4. The normalized spacial score (nSPS) is 17.9. The van der Waals surface area contributed by atoms with Gasteiger partial charge in [0.25, 0.3) is 0 Å². The third-order valence-corrected chi connectivity index (χ3v) is 4.07. The van der Waals surface area contributed by atoms with Crippen LogP contribution in [0.2, 0.25) is 0 Å². The largest absolute Gasteiger partial charge is 0.480 e. The Balaban J connectivity index is 1.87. The summed E-state index contributed by atoms with van der Waals surface area (Å²) in [4.78, 5) is 35.2. The van der Waals surface area contributed by atoms with E-state index in [2.05, 4.69) is 10.6 Å². The molecular formula is C18H22N2O4. The zero-order valence-corrected chi connectivity index (χ0v) is 13.6. The first-order valence-electron chi connectivity index (χ1n) is 8.03. The third-order valence-electron chi connectivity index (χ3n) is 4.07. The van der Waals surface area contributed by atoms with Crippen LogP contribution in [0.5, 0.6) is 0 Å². The topological polar surface area (TPSA) is 95.5 Å². The summed E-state index contributed by atoms with van der Waals surface area (Å²) < 4.78 is 0. The average Bonchev–Trinajstić information content (AvgIpc) is 2.56. The molecule has 1 aromatic rings. The molecule has 1 aromatic carbocycles. The number of carbonyl (C=O) groups excluding carboxylic acids is 2. The molecule has 0 spiro atoms. The van der Waals surface area contributed by atoms with Crippen LogP contribution in [0, 0.1) is 5.92 Å². The number of nitrogens with one attached hydrogen (secondary N) is 2. The van der Waals surface area contributed by atoms with Crippen LogP contribution in [0.1, 0.15) is 31.7 Å². The van der Waals surface area contributed by atoms with E-state index in [1.54, 1.807) is 19.1 Å². The van der Waals surface area contributed by atoms with Crippen LogP contribution in [0.25, 0.3) is 0 Å². The van der Waals surface area contributed by atoms with E-state index in [1.165, 1.54) is 0 Å². The second kappa shape index (κ2) is 8.29. The number of para-hydroxylation sites is 1. The van der Waals surface area contributed by atoms with Crippen molar-refractivity contribution in [3.05, 3.63) is 42.0 Å². The molecule has 0 saturated carbocycles. The van der Waals surface area contributed by atoms with Crippen molar-refractivity contribution in [2.75, 3.05) is 5.32 Å². The quantitative estimate of drug-likeness (QED) is 0.667. The number of carbonyl (C=O) groups is 3. The van der Waals surface area contributed by atoms with E-state index in [4.69, 9.17) is 5.11 Å². The summed E-state index contributed by atoms with van der Waals surface area (Å²) in [5, 5.41) is 14.5. The van der Waals surface area contributed by atoms with Gasteiger partial charge < -0.3 is 15.7 Å². The predicted molar refractivity (Wildman–Crippen MR) is 90.5 cm³/mol. The Morgan fingerprint density at radius 3 is 2.88 bits per heavy atom. The van der Waals surface area contributed by atoms with Gasteiger partial charge in [-0.1, -0.05) is 30.4 Å². The minimum atomic E-state index is -1.06. The molecule has 6 nitrogen and oxygen atoms in total. The molecule has 1 aliphatic heterocycles. The van der Waals surface area contributed by atoms with Crippen molar-refractivity contribution < 1.29 is 19.5 Å². The van der Waals surface area contributed by atoms with Crippen molar-refractivity contribution in [2.24, 2.45) is 5.92 Å². The van der Waals surface area contributed by atoms with E-state index in [0.717, 1.165) is 11.3 Å². The van der Waals surface area contributed by atoms with Gasteiger partial charge in [0, 0.05) is 18.0 Å². The number of benzene rings is 1. The lowest BCUT2D eigenvalue weighted by atomic mass is 9.89. The number of anilines is 1. The Labute approximate surface area is 140 Å². The second-order valence-corrected chi connectivity index (χ2v) is 5.85. The highest BCUT2D eigenvalue weighted by Gasteiger charge is 2.27. The van der Waals surface area contributed by atoms with Gasteiger partial charge in [0.05, 0.1) is 0 Å². The number of fused-ring (bicyclic) bond motifs is 1. The van der Waals surface area contributed by atoms with Gasteiger partial charge in [0.1, 0.15) is 6.04 Å². The van der Waals surface area contributed by atoms with Crippen LogP contribution < -0.4 is 10.6 Å². The van der Waals surface area contributed by atoms with E-state index in [1.807, 2.05) is 24.3 Å². The second-order valence-electron chi connectivity index (χ2n) is 5.85. The summed E-state index contributed by atoms with van der Waals surface area (Å²) >= 11 is 0. The maximum Gasteiger partial charge on any atom is 0.326 e. The molecule has 0 bridgehead atoms. The zero-order valence-electron chi connectivity index (χ0n) is 13.6. The lowest BCUT2D eigenvalue weighted by molar-refractivity contribution is -0.141. The molecule has 1 heterocycles. The molecule has 24 heavy (non-hydrogen) atoms. The van der Waals surface area contributed by atoms with Crippen LogP contribution >= 0.6 is 0 Å². The molecule has 2 unspecified atom stereocenters. The number of hydrogen-bond donors (Lipinski definition) is 3. The fraction of sp³-hybridized carbons (Fsp3) is 0.389. The highest BCUT2D eigenvalue weighted by Crippen LogP contribution is 2.27.